The molecular weight excluding hydrogens is 168 g/mol. The average molecular weight is 178 g/mol. The van der Waals surface area contributed by atoms with E-state index in [0.717, 1.165) is 0 Å². The van der Waals surface area contributed by atoms with Crippen LogP contribution in [-0.4, -0.2) is 35.2 Å². The maximum absolute atomic E-state index is 10.9. The molecular formula is C6H10O4S. The van der Waals surface area contributed by atoms with E-state index in [0.29, 0.717) is 12.4 Å². The quantitative estimate of drug-likeness (QED) is 0.601. The number of esters is 1. The first-order valence-corrected chi connectivity index (χ1v) is 4.40. The number of carbonyl (C=O) groups excluding carboxylic acids is 1. The molecule has 0 saturated carbocycles. The summed E-state index contributed by atoms with van der Waals surface area (Å²) in [6.45, 7) is 2.07. The third-order valence-corrected chi connectivity index (χ3v) is 2.23. The number of aliphatic hydroxyl groups excluding tert-OH is 1. The summed E-state index contributed by atoms with van der Waals surface area (Å²) in [5, 5.41) is 8.87. The Hall–Kier alpha value is -0.260. The van der Waals surface area contributed by atoms with Gasteiger partial charge in [-0.2, -0.15) is 0 Å². The molecule has 64 valence electrons. The Morgan fingerprint density at radius 1 is 1.91 bits per heavy atom. The summed E-state index contributed by atoms with van der Waals surface area (Å²) in [6.07, 6.45) is -0.825. The van der Waals surface area contributed by atoms with Gasteiger partial charge in [-0.05, 0) is 6.92 Å². The second-order valence-electron chi connectivity index (χ2n) is 2.01. The fourth-order valence-corrected chi connectivity index (χ4v) is 1.55. The van der Waals surface area contributed by atoms with Crippen LogP contribution in [-0.2, 0) is 14.3 Å². The van der Waals surface area contributed by atoms with Crippen LogP contribution in [0.15, 0.2) is 0 Å². The van der Waals surface area contributed by atoms with Gasteiger partial charge in [0.05, 0.1) is 6.61 Å². The van der Waals surface area contributed by atoms with Crippen molar-refractivity contribution in [3.63, 3.8) is 0 Å². The molecule has 0 aromatic heterocycles. The molecule has 0 aliphatic carbocycles. The number of ether oxygens (including phenoxy) is 2. The van der Waals surface area contributed by atoms with Gasteiger partial charge in [0.1, 0.15) is 0 Å². The highest BCUT2D eigenvalue weighted by Gasteiger charge is 2.30. The fraction of sp³-hybridized carbons (Fsp3) is 0.833. The van der Waals surface area contributed by atoms with E-state index in [-0.39, 0.29) is 0 Å². The normalized spacial score (nSPS) is 30.4. The van der Waals surface area contributed by atoms with Crippen molar-refractivity contribution in [1.29, 1.82) is 0 Å². The number of thioether (sulfide) groups is 1. The third-order valence-electron chi connectivity index (χ3n) is 1.15. The zero-order chi connectivity index (χ0) is 8.27. The summed E-state index contributed by atoms with van der Waals surface area (Å²) in [5.41, 5.74) is -0.634. The predicted octanol–water partition coefficient (Wildman–Crippen LogP) is -0.0426. The van der Waals surface area contributed by atoms with Crippen LogP contribution in [0.1, 0.15) is 6.92 Å². The lowest BCUT2D eigenvalue weighted by Gasteiger charge is -2.07. The minimum absolute atomic E-state index is 0.343. The average Bonchev–Trinajstić information content (AvgIpc) is 2.36. The van der Waals surface area contributed by atoms with Crippen LogP contribution in [0.3, 0.4) is 0 Å². The first-order valence-electron chi connectivity index (χ1n) is 3.35. The lowest BCUT2D eigenvalue weighted by Crippen LogP contribution is -2.21. The zero-order valence-corrected chi connectivity index (χ0v) is 6.97. The topological polar surface area (TPSA) is 55.8 Å². The van der Waals surface area contributed by atoms with E-state index in [9.17, 15) is 4.79 Å². The molecule has 1 aliphatic heterocycles. The molecule has 1 fully saturated rings. The van der Waals surface area contributed by atoms with Gasteiger partial charge in [0.15, 0.2) is 6.29 Å². The van der Waals surface area contributed by atoms with E-state index in [1.54, 1.807) is 6.92 Å². The zero-order valence-electron chi connectivity index (χ0n) is 6.15. The number of hydrogen-bond donors (Lipinski definition) is 1. The highest BCUT2D eigenvalue weighted by atomic mass is 32.2. The van der Waals surface area contributed by atoms with Crippen molar-refractivity contribution in [1.82, 2.24) is 0 Å². The van der Waals surface area contributed by atoms with Gasteiger partial charge in [0.25, 0.3) is 0 Å². The first-order chi connectivity index (χ1) is 5.24. The van der Waals surface area contributed by atoms with Crippen molar-refractivity contribution < 1.29 is 19.4 Å². The van der Waals surface area contributed by atoms with Crippen molar-refractivity contribution in [2.24, 2.45) is 0 Å². The van der Waals surface area contributed by atoms with Crippen molar-refractivity contribution in [2.75, 3.05) is 12.4 Å². The van der Waals surface area contributed by atoms with E-state index in [1.807, 2.05) is 0 Å². The molecule has 1 rings (SSSR count). The van der Waals surface area contributed by atoms with Crippen LogP contribution < -0.4 is 0 Å². The van der Waals surface area contributed by atoms with Crippen LogP contribution in [0, 0.1) is 0 Å². The fourth-order valence-electron chi connectivity index (χ4n) is 0.725. The Bertz CT molecular complexity index is 150. The van der Waals surface area contributed by atoms with Gasteiger partial charge >= 0.3 is 5.97 Å². The maximum atomic E-state index is 10.9. The minimum atomic E-state index is -0.825. The van der Waals surface area contributed by atoms with E-state index in [2.05, 4.69) is 4.74 Å². The highest BCUT2D eigenvalue weighted by molar-refractivity contribution is 8.00. The molecule has 0 radical (unpaired) electrons. The van der Waals surface area contributed by atoms with Gasteiger partial charge in [0.2, 0.25) is 5.44 Å². The van der Waals surface area contributed by atoms with Gasteiger partial charge in [-0.3, -0.25) is 0 Å². The number of carbonyl (C=O) groups is 1. The lowest BCUT2D eigenvalue weighted by atomic mass is 10.7. The van der Waals surface area contributed by atoms with Crippen LogP contribution in [0.2, 0.25) is 0 Å². The molecule has 1 N–H and O–H groups in total. The van der Waals surface area contributed by atoms with Gasteiger partial charge in [-0.25, -0.2) is 4.79 Å². The Kier molecular flexibility index (Phi) is 3.16. The number of aliphatic hydroxyl groups is 1. The van der Waals surface area contributed by atoms with E-state index < -0.39 is 17.7 Å². The molecule has 2 atom stereocenters. The van der Waals surface area contributed by atoms with Crippen LogP contribution in [0.5, 0.6) is 0 Å². The Labute approximate surface area is 68.9 Å². The van der Waals surface area contributed by atoms with Crippen molar-refractivity contribution in [3.8, 4) is 0 Å². The van der Waals surface area contributed by atoms with E-state index >= 15 is 0 Å². The summed E-state index contributed by atoms with van der Waals surface area (Å²) in [4.78, 5) is 10.9. The molecule has 11 heavy (non-hydrogen) atoms. The summed E-state index contributed by atoms with van der Waals surface area (Å²) < 4.78 is 9.50. The van der Waals surface area contributed by atoms with E-state index in [1.165, 1.54) is 11.8 Å². The summed E-state index contributed by atoms with van der Waals surface area (Å²) in [6, 6.07) is 0. The monoisotopic (exact) mass is 178 g/mol. The largest absolute Gasteiger partial charge is 0.463 e. The smallest absolute Gasteiger partial charge is 0.345 e. The summed E-state index contributed by atoms with van der Waals surface area (Å²) in [5.74, 6) is 0.0257. The molecule has 0 aromatic rings. The Morgan fingerprint density at radius 2 is 2.64 bits per heavy atom. The van der Waals surface area contributed by atoms with Crippen molar-refractivity contribution in [3.05, 3.63) is 0 Å². The van der Waals surface area contributed by atoms with Gasteiger partial charge in [0, 0.05) is 5.75 Å². The molecule has 0 amide bonds. The molecule has 1 saturated heterocycles. The summed E-state index contributed by atoms with van der Waals surface area (Å²) >= 11 is 1.25. The Balaban J connectivity index is 2.31. The van der Waals surface area contributed by atoms with Gasteiger partial charge in [-0.15, -0.1) is 11.8 Å². The molecule has 1 aliphatic rings. The van der Waals surface area contributed by atoms with E-state index in [4.69, 9.17) is 9.84 Å². The van der Waals surface area contributed by atoms with Crippen LogP contribution >= 0.6 is 11.8 Å². The predicted molar refractivity (Wildman–Crippen MR) is 40.0 cm³/mol. The number of hydrogen-bond acceptors (Lipinski definition) is 5. The molecule has 1 heterocycles. The molecule has 4 nitrogen and oxygen atoms in total. The van der Waals surface area contributed by atoms with Gasteiger partial charge in [-0.1, -0.05) is 0 Å². The highest BCUT2D eigenvalue weighted by Crippen LogP contribution is 2.24. The first kappa shape index (κ1) is 8.83. The maximum Gasteiger partial charge on any atom is 0.345 e. The molecule has 0 bridgehead atoms. The SMILES string of the molecule is CCOC(=O)C1OC(O)CS1. The van der Waals surface area contributed by atoms with Gasteiger partial charge < -0.3 is 14.6 Å². The third kappa shape index (κ3) is 2.36. The molecule has 5 heteroatoms. The second-order valence-corrected chi connectivity index (χ2v) is 3.10. The lowest BCUT2D eigenvalue weighted by molar-refractivity contribution is -0.160. The summed E-state index contributed by atoms with van der Waals surface area (Å²) in [7, 11) is 0. The van der Waals surface area contributed by atoms with Crippen LogP contribution in [0.25, 0.3) is 0 Å². The second kappa shape index (κ2) is 3.94. The van der Waals surface area contributed by atoms with Crippen molar-refractivity contribution >= 4 is 17.7 Å². The van der Waals surface area contributed by atoms with Crippen LogP contribution in [0.4, 0.5) is 0 Å². The van der Waals surface area contributed by atoms with Crippen molar-refractivity contribution in [2.45, 2.75) is 18.6 Å². The molecule has 0 spiro atoms. The molecule has 0 aromatic carbocycles. The molecule has 2 unspecified atom stereocenters. The number of rotatable bonds is 2. The standard InChI is InChI=1S/C6H10O4S/c1-2-9-5(8)6-10-4(7)3-11-6/h4,6-7H,2-3H2,1H3. The Morgan fingerprint density at radius 3 is 3.09 bits per heavy atom. The minimum Gasteiger partial charge on any atom is -0.463 e.